The highest BCUT2D eigenvalue weighted by Crippen LogP contribution is 2.30. The third-order valence-electron chi connectivity index (χ3n) is 3.06. The lowest BCUT2D eigenvalue weighted by Gasteiger charge is -2.19. The lowest BCUT2D eigenvalue weighted by molar-refractivity contribution is 0.609. The first-order chi connectivity index (χ1) is 9.02. The minimum Gasteiger partial charge on any atom is -0.309 e. The first-order valence-electron chi connectivity index (χ1n) is 5.91. The molecule has 0 aliphatic carbocycles. The predicted octanol–water partition coefficient (Wildman–Crippen LogP) is 4.24. The van der Waals surface area contributed by atoms with Crippen molar-refractivity contribution in [2.24, 2.45) is 0 Å². The Labute approximate surface area is 116 Å². The molecule has 0 saturated heterocycles. The second kappa shape index (κ2) is 5.68. The molecular weight excluding hydrogens is 268 g/mol. The zero-order valence-electron chi connectivity index (χ0n) is 10.7. The number of aryl methyl sites for hydroxylation is 1. The summed E-state index contributed by atoms with van der Waals surface area (Å²) in [5.74, 6) is -0.657. The van der Waals surface area contributed by atoms with Gasteiger partial charge in [-0.3, -0.25) is 0 Å². The van der Waals surface area contributed by atoms with E-state index in [0.29, 0.717) is 10.6 Å². The Morgan fingerprint density at radius 2 is 1.89 bits per heavy atom. The quantitative estimate of drug-likeness (QED) is 0.887. The van der Waals surface area contributed by atoms with Crippen LogP contribution in [0.1, 0.15) is 22.7 Å². The fourth-order valence-corrected chi connectivity index (χ4v) is 2.35. The highest BCUT2D eigenvalue weighted by molar-refractivity contribution is 6.31. The molecule has 1 N–H and O–H groups in total. The minimum absolute atomic E-state index is 0.275. The third kappa shape index (κ3) is 2.94. The van der Waals surface area contributed by atoms with Crippen molar-refractivity contribution in [1.82, 2.24) is 5.32 Å². The van der Waals surface area contributed by atoms with Crippen LogP contribution in [0.3, 0.4) is 0 Å². The second-order valence-corrected chi connectivity index (χ2v) is 4.81. The van der Waals surface area contributed by atoms with Crippen molar-refractivity contribution >= 4 is 11.6 Å². The van der Waals surface area contributed by atoms with E-state index in [1.165, 1.54) is 18.2 Å². The molecular formula is C15H14ClF2N. The maximum atomic E-state index is 13.4. The van der Waals surface area contributed by atoms with Crippen molar-refractivity contribution in [1.29, 1.82) is 0 Å². The van der Waals surface area contributed by atoms with E-state index in [1.807, 2.05) is 0 Å². The Morgan fingerprint density at radius 3 is 2.53 bits per heavy atom. The van der Waals surface area contributed by atoms with Gasteiger partial charge in [0.25, 0.3) is 0 Å². The number of nitrogens with one attached hydrogen (secondary N) is 1. The van der Waals surface area contributed by atoms with E-state index >= 15 is 0 Å². The maximum Gasteiger partial charge on any atom is 0.127 e. The average molecular weight is 282 g/mol. The molecule has 0 saturated carbocycles. The molecule has 19 heavy (non-hydrogen) atoms. The van der Waals surface area contributed by atoms with Crippen LogP contribution < -0.4 is 5.32 Å². The third-order valence-corrected chi connectivity index (χ3v) is 3.39. The van der Waals surface area contributed by atoms with Crippen LogP contribution in [0.5, 0.6) is 0 Å². The van der Waals surface area contributed by atoms with E-state index in [2.05, 4.69) is 5.32 Å². The summed E-state index contributed by atoms with van der Waals surface area (Å²) in [6.45, 7) is 1.67. The van der Waals surface area contributed by atoms with Gasteiger partial charge in [0.1, 0.15) is 11.6 Å². The zero-order valence-corrected chi connectivity index (χ0v) is 11.4. The Kier molecular flexibility index (Phi) is 4.17. The van der Waals surface area contributed by atoms with Crippen LogP contribution in [0.15, 0.2) is 36.4 Å². The van der Waals surface area contributed by atoms with Gasteiger partial charge in [0.15, 0.2) is 0 Å². The molecule has 1 nitrogen and oxygen atoms in total. The van der Waals surface area contributed by atoms with Crippen molar-refractivity contribution in [3.05, 3.63) is 69.7 Å². The molecule has 0 spiro atoms. The lowest BCUT2D eigenvalue weighted by Crippen LogP contribution is -2.18. The fraction of sp³-hybridized carbons (Fsp3) is 0.200. The normalized spacial score (nSPS) is 12.5. The summed E-state index contributed by atoms with van der Waals surface area (Å²) in [6, 6.07) is 8.96. The Bertz CT molecular complexity index is 599. The standard InChI is InChI=1S/C15H14ClF2N/c1-9-6-12(13(16)8-14(9)18)15(19-2)10-4-3-5-11(17)7-10/h3-8,15,19H,1-2H3. The fourth-order valence-electron chi connectivity index (χ4n) is 2.09. The van der Waals surface area contributed by atoms with Gasteiger partial charge in [-0.2, -0.15) is 0 Å². The molecule has 2 aromatic rings. The van der Waals surface area contributed by atoms with Gasteiger partial charge >= 0.3 is 0 Å². The first kappa shape index (κ1) is 14.0. The summed E-state index contributed by atoms with van der Waals surface area (Å²) in [6.07, 6.45) is 0. The molecule has 0 aliphatic rings. The molecule has 0 radical (unpaired) electrons. The second-order valence-electron chi connectivity index (χ2n) is 4.40. The minimum atomic E-state index is -0.345. The van der Waals surface area contributed by atoms with Gasteiger partial charge in [0.2, 0.25) is 0 Å². The highest BCUT2D eigenvalue weighted by atomic mass is 35.5. The van der Waals surface area contributed by atoms with E-state index in [0.717, 1.165) is 11.1 Å². The van der Waals surface area contributed by atoms with E-state index in [4.69, 9.17) is 11.6 Å². The Balaban J connectivity index is 2.51. The molecule has 2 aromatic carbocycles. The molecule has 1 unspecified atom stereocenters. The summed E-state index contributed by atoms with van der Waals surface area (Å²) in [4.78, 5) is 0. The first-order valence-corrected chi connectivity index (χ1v) is 6.29. The summed E-state index contributed by atoms with van der Waals surface area (Å²) in [7, 11) is 1.75. The van der Waals surface area contributed by atoms with Crippen molar-refractivity contribution in [2.75, 3.05) is 7.05 Å². The lowest BCUT2D eigenvalue weighted by atomic mass is 9.97. The van der Waals surface area contributed by atoms with Crippen LogP contribution in [0.2, 0.25) is 5.02 Å². The van der Waals surface area contributed by atoms with Crippen molar-refractivity contribution in [2.45, 2.75) is 13.0 Å². The topological polar surface area (TPSA) is 12.0 Å². The number of halogens is 3. The molecule has 100 valence electrons. The molecule has 0 amide bonds. The van der Waals surface area contributed by atoms with Crippen molar-refractivity contribution < 1.29 is 8.78 Å². The van der Waals surface area contributed by atoms with Gasteiger partial charge in [-0.05, 0) is 54.9 Å². The molecule has 0 aromatic heterocycles. The number of hydrogen-bond acceptors (Lipinski definition) is 1. The smallest absolute Gasteiger partial charge is 0.127 e. The summed E-state index contributed by atoms with van der Waals surface area (Å²) in [5.41, 5.74) is 1.99. The van der Waals surface area contributed by atoms with Crippen LogP contribution in [0.4, 0.5) is 8.78 Å². The van der Waals surface area contributed by atoms with Gasteiger partial charge in [-0.25, -0.2) is 8.78 Å². The van der Waals surface area contributed by atoms with Gasteiger partial charge in [-0.1, -0.05) is 23.7 Å². The van der Waals surface area contributed by atoms with Gasteiger partial charge in [0.05, 0.1) is 6.04 Å². The largest absolute Gasteiger partial charge is 0.309 e. The highest BCUT2D eigenvalue weighted by Gasteiger charge is 2.17. The number of benzene rings is 2. The van der Waals surface area contributed by atoms with Crippen LogP contribution in [-0.4, -0.2) is 7.05 Å². The van der Waals surface area contributed by atoms with Crippen LogP contribution >= 0.6 is 11.6 Å². The van der Waals surface area contributed by atoms with Crippen molar-refractivity contribution in [3.8, 4) is 0 Å². The van der Waals surface area contributed by atoms with Crippen LogP contribution in [0, 0.1) is 18.6 Å². The Morgan fingerprint density at radius 1 is 1.16 bits per heavy atom. The zero-order chi connectivity index (χ0) is 14.0. The van der Waals surface area contributed by atoms with Crippen LogP contribution in [0.25, 0.3) is 0 Å². The predicted molar refractivity (Wildman–Crippen MR) is 73.4 cm³/mol. The average Bonchev–Trinajstić information content (AvgIpc) is 2.36. The SMILES string of the molecule is CNC(c1cccc(F)c1)c1cc(C)c(F)cc1Cl. The number of rotatable bonds is 3. The summed E-state index contributed by atoms with van der Waals surface area (Å²) < 4.78 is 26.7. The van der Waals surface area contributed by atoms with E-state index in [1.54, 1.807) is 32.2 Å². The summed E-state index contributed by atoms with van der Waals surface area (Å²) in [5, 5.41) is 3.40. The van der Waals surface area contributed by atoms with E-state index in [-0.39, 0.29) is 17.7 Å². The molecule has 0 heterocycles. The Hall–Kier alpha value is -1.45. The number of hydrogen-bond donors (Lipinski definition) is 1. The van der Waals surface area contributed by atoms with Gasteiger partial charge < -0.3 is 5.32 Å². The maximum absolute atomic E-state index is 13.4. The molecule has 1 atom stereocenters. The van der Waals surface area contributed by atoms with Gasteiger partial charge in [-0.15, -0.1) is 0 Å². The molecule has 4 heteroatoms. The van der Waals surface area contributed by atoms with E-state index in [9.17, 15) is 8.78 Å². The molecule has 0 bridgehead atoms. The molecule has 2 rings (SSSR count). The monoisotopic (exact) mass is 281 g/mol. The van der Waals surface area contributed by atoms with Crippen molar-refractivity contribution in [3.63, 3.8) is 0 Å². The molecule has 0 aliphatic heterocycles. The molecule has 0 fully saturated rings. The van der Waals surface area contributed by atoms with E-state index < -0.39 is 0 Å². The van der Waals surface area contributed by atoms with Crippen LogP contribution in [-0.2, 0) is 0 Å². The van der Waals surface area contributed by atoms with Gasteiger partial charge in [0, 0.05) is 5.02 Å². The summed E-state index contributed by atoms with van der Waals surface area (Å²) >= 11 is 6.09.